The number of benzene rings is 3. The molecule has 0 amide bonds. The zero-order chi connectivity index (χ0) is 23.1. The zero-order valence-corrected chi connectivity index (χ0v) is 17.6. The fraction of sp³-hybridized carbons (Fsp3) is 0.222. The van der Waals surface area contributed by atoms with Crippen molar-refractivity contribution in [2.75, 3.05) is 0 Å². The molecule has 0 saturated heterocycles. The summed E-state index contributed by atoms with van der Waals surface area (Å²) in [4.78, 5) is 0. The molecule has 3 aromatic carbocycles. The lowest BCUT2D eigenvalue weighted by Crippen LogP contribution is -2.03. The van der Waals surface area contributed by atoms with E-state index in [1.165, 1.54) is 23.8 Å². The van der Waals surface area contributed by atoms with Crippen LogP contribution in [0.5, 0.6) is 0 Å². The van der Waals surface area contributed by atoms with Crippen LogP contribution >= 0.6 is 0 Å². The minimum Gasteiger partial charge on any atom is -0.207 e. The molecule has 164 valence electrons. The molecule has 0 aliphatic rings. The second-order valence-electron chi connectivity index (χ2n) is 7.73. The first-order valence-corrected chi connectivity index (χ1v) is 10.4. The monoisotopic (exact) mass is 437 g/mol. The Kier molecular flexibility index (Phi) is 7.83. The molecule has 3 aromatic rings. The molecule has 0 aliphatic carbocycles. The summed E-state index contributed by atoms with van der Waals surface area (Å²) in [6, 6.07) is 14.3. The molecule has 0 atom stereocenters. The molecule has 0 aliphatic heterocycles. The van der Waals surface area contributed by atoms with Crippen molar-refractivity contribution in [3.63, 3.8) is 0 Å². The van der Waals surface area contributed by atoms with Crippen molar-refractivity contribution < 1.29 is 17.6 Å². The summed E-state index contributed by atoms with van der Waals surface area (Å²) in [7, 11) is 0. The number of nitriles is 1. The van der Waals surface area contributed by atoms with Gasteiger partial charge in [-0.2, -0.15) is 5.26 Å². The van der Waals surface area contributed by atoms with Crippen molar-refractivity contribution in [2.45, 2.75) is 38.5 Å². The first kappa shape index (κ1) is 23.3. The van der Waals surface area contributed by atoms with Crippen molar-refractivity contribution in [2.24, 2.45) is 0 Å². The summed E-state index contributed by atoms with van der Waals surface area (Å²) in [5, 5.41) is 8.72. The molecule has 0 fully saturated rings. The summed E-state index contributed by atoms with van der Waals surface area (Å²) in [5.41, 5.74) is 2.31. The van der Waals surface area contributed by atoms with Gasteiger partial charge in [-0.1, -0.05) is 30.3 Å². The molecule has 32 heavy (non-hydrogen) atoms. The third-order valence-electron chi connectivity index (χ3n) is 5.44. The van der Waals surface area contributed by atoms with Gasteiger partial charge in [0, 0.05) is 5.56 Å². The largest absolute Gasteiger partial charge is 0.207 e. The van der Waals surface area contributed by atoms with E-state index in [-0.39, 0.29) is 24.0 Å². The molecular formula is C27H23F4N. The maximum absolute atomic E-state index is 14.5. The van der Waals surface area contributed by atoms with Crippen molar-refractivity contribution in [3.8, 4) is 6.07 Å². The lowest BCUT2D eigenvalue weighted by Gasteiger charge is -2.10. The predicted octanol–water partition coefficient (Wildman–Crippen LogP) is 6.80. The van der Waals surface area contributed by atoms with Crippen LogP contribution in [-0.2, 0) is 32.1 Å². The van der Waals surface area contributed by atoms with Gasteiger partial charge >= 0.3 is 0 Å². The lowest BCUT2D eigenvalue weighted by molar-refractivity contribution is 0.549. The van der Waals surface area contributed by atoms with Gasteiger partial charge in [0.1, 0.15) is 34.9 Å². The Bertz CT molecular complexity index is 1100. The first-order valence-electron chi connectivity index (χ1n) is 10.4. The molecule has 0 N–H and O–H groups in total. The van der Waals surface area contributed by atoms with Gasteiger partial charge in [0.25, 0.3) is 0 Å². The van der Waals surface area contributed by atoms with Crippen LogP contribution in [0.1, 0.15) is 39.8 Å². The average Bonchev–Trinajstić information content (AvgIpc) is 2.76. The smallest absolute Gasteiger partial charge is 0.144 e. The van der Waals surface area contributed by atoms with Gasteiger partial charge in [-0.05, 0) is 85.0 Å². The Labute approximate surface area is 185 Å². The minimum absolute atomic E-state index is 0.0466. The number of halogens is 4. The van der Waals surface area contributed by atoms with Crippen LogP contribution in [0.25, 0.3) is 0 Å². The predicted molar refractivity (Wildman–Crippen MR) is 117 cm³/mol. The number of aryl methyl sites for hydroxylation is 4. The summed E-state index contributed by atoms with van der Waals surface area (Å²) in [6.45, 7) is 3.71. The maximum atomic E-state index is 14.5. The van der Waals surface area contributed by atoms with Crippen LogP contribution in [0.2, 0.25) is 0 Å². The van der Waals surface area contributed by atoms with E-state index < -0.39 is 28.8 Å². The molecule has 0 bridgehead atoms. The van der Waals surface area contributed by atoms with Gasteiger partial charge < -0.3 is 0 Å². The second-order valence-corrected chi connectivity index (χ2v) is 7.73. The van der Waals surface area contributed by atoms with Crippen LogP contribution in [-0.4, -0.2) is 0 Å². The maximum Gasteiger partial charge on any atom is 0.144 e. The number of hydrogen-bond acceptors (Lipinski definition) is 1. The summed E-state index contributed by atoms with van der Waals surface area (Å²) >= 11 is 0. The van der Waals surface area contributed by atoms with Gasteiger partial charge in [-0.3, -0.25) is 0 Å². The molecule has 0 saturated carbocycles. The number of nitrogens with zero attached hydrogens (tertiary/aromatic N) is 1. The van der Waals surface area contributed by atoms with E-state index in [1.807, 2.05) is 18.2 Å². The Morgan fingerprint density at radius 3 is 1.59 bits per heavy atom. The van der Waals surface area contributed by atoms with Gasteiger partial charge in [-0.15, -0.1) is 6.58 Å². The van der Waals surface area contributed by atoms with E-state index in [9.17, 15) is 17.6 Å². The molecule has 0 spiro atoms. The summed E-state index contributed by atoms with van der Waals surface area (Å²) in [5.74, 6) is -3.30. The van der Waals surface area contributed by atoms with Crippen LogP contribution in [0.3, 0.4) is 0 Å². The van der Waals surface area contributed by atoms with E-state index in [2.05, 4.69) is 18.7 Å². The van der Waals surface area contributed by atoms with Crippen LogP contribution in [0.4, 0.5) is 17.6 Å². The van der Waals surface area contributed by atoms with E-state index in [0.717, 1.165) is 30.5 Å². The molecular weight excluding hydrogens is 414 g/mol. The van der Waals surface area contributed by atoms with E-state index >= 15 is 0 Å². The lowest BCUT2D eigenvalue weighted by atomic mass is 9.98. The normalized spacial score (nSPS) is 10.7. The molecule has 0 unspecified atom stereocenters. The quantitative estimate of drug-likeness (QED) is 0.267. The zero-order valence-electron chi connectivity index (χ0n) is 17.6. The van der Waals surface area contributed by atoms with E-state index in [4.69, 9.17) is 5.26 Å². The topological polar surface area (TPSA) is 23.8 Å². The molecule has 1 nitrogen and oxygen atoms in total. The molecule has 5 heteroatoms. The van der Waals surface area contributed by atoms with Crippen LogP contribution in [0.15, 0.2) is 61.2 Å². The SMILES string of the molecule is C=CCCc1ccc(CCc2cc(F)c(CCc3cc(F)c(C#N)c(F)c3)c(F)c2)cc1. The van der Waals surface area contributed by atoms with Crippen molar-refractivity contribution in [3.05, 3.63) is 118 Å². The molecule has 0 aromatic heterocycles. The number of rotatable bonds is 9. The highest BCUT2D eigenvalue weighted by molar-refractivity contribution is 5.36. The minimum atomic E-state index is -0.979. The number of allylic oxidation sites excluding steroid dienone is 1. The van der Waals surface area contributed by atoms with Crippen molar-refractivity contribution in [1.29, 1.82) is 5.26 Å². The highest BCUT2D eigenvalue weighted by Gasteiger charge is 2.14. The van der Waals surface area contributed by atoms with Gasteiger partial charge in [-0.25, -0.2) is 17.6 Å². The Balaban J connectivity index is 1.63. The molecule has 0 radical (unpaired) electrons. The standard InChI is InChI=1S/C27H23F4N/c1-2-3-4-18-5-7-19(8-6-18)9-10-20-13-24(28)22(25(29)14-20)12-11-21-15-26(30)23(17-32)27(31)16-21/h2,5-8,13-16H,1,3-4,9-12H2. The number of hydrogen-bond donors (Lipinski definition) is 0. The fourth-order valence-electron chi connectivity index (χ4n) is 3.61. The summed E-state index contributed by atoms with van der Waals surface area (Å²) < 4.78 is 56.6. The molecule has 0 heterocycles. The second kappa shape index (κ2) is 10.8. The van der Waals surface area contributed by atoms with Gasteiger partial charge in [0.15, 0.2) is 0 Å². The Hall–Kier alpha value is -3.39. The highest BCUT2D eigenvalue weighted by atomic mass is 19.1. The third-order valence-corrected chi connectivity index (χ3v) is 5.44. The Morgan fingerprint density at radius 2 is 1.09 bits per heavy atom. The molecule has 3 rings (SSSR count). The van der Waals surface area contributed by atoms with Crippen LogP contribution < -0.4 is 0 Å². The first-order chi connectivity index (χ1) is 15.4. The highest BCUT2D eigenvalue weighted by Crippen LogP contribution is 2.21. The average molecular weight is 437 g/mol. The van der Waals surface area contributed by atoms with Crippen molar-refractivity contribution >= 4 is 0 Å². The van der Waals surface area contributed by atoms with Gasteiger partial charge in [0.2, 0.25) is 0 Å². The Morgan fingerprint density at radius 1 is 0.656 bits per heavy atom. The van der Waals surface area contributed by atoms with E-state index in [1.54, 1.807) is 0 Å². The van der Waals surface area contributed by atoms with Crippen LogP contribution in [0, 0.1) is 34.6 Å². The van der Waals surface area contributed by atoms with E-state index in [0.29, 0.717) is 18.4 Å². The third kappa shape index (κ3) is 5.85. The summed E-state index contributed by atoms with van der Waals surface area (Å²) in [6.07, 6.45) is 4.88. The van der Waals surface area contributed by atoms with Crippen molar-refractivity contribution in [1.82, 2.24) is 0 Å². The van der Waals surface area contributed by atoms with Gasteiger partial charge in [0.05, 0.1) is 0 Å². The fourth-order valence-corrected chi connectivity index (χ4v) is 3.61.